The summed E-state index contributed by atoms with van der Waals surface area (Å²) >= 11 is 3.39. The van der Waals surface area contributed by atoms with Gasteiger partial charge in [-0.3, -0.25) is 5.43 Å². The molecule has 8 nitrogen and oxygen atoms in total. The molecule has 2 aromatic carbocycles. The molecule has 33 heavy (non-hydrogen) atoms. The standard InChI is InChI=1S/C24H31BrN2O6/c1-23(2,3)33-22(29)26-27(14-17-6-10-19(25)11-7-17)16-24(4,30)21(28)32-15-18-8-12-20(31-5)13-9-18/h6-13,30H,14-16H2,1-5H3,(H,26,29)/t24-/m1/s1. The number of rotatable bonds is 9. The minimum absolute atomic E-state index is 0.00875. The molecule has 180 valence electrons. The normalized spacial score (nSPS) is 13.2. The third-order valence-corrected chi connectivity index (χ3v) is 4.93. The second kappa shape index (κ2) is 11.5. The van der Waals surface area contributed by atoms with Crippen molar-refractivity contribution in [3.8, 4) is 5.75 Å². The Morgan fingerprint density at radius 1 is 1.00 bits per heavy atom. The van der Waals surface area contributed by atoms with Gasteiger partial charge in [0.2, 0.25) is 0 Å². The fourth-order valence-corrected chi connectivity index (χ4v) is 3.10. The number of aliphatic hydroxyl groups is 1. The van der Waals surface area contributed by atoms with E-state index in [1.165, 1.54) is 11.9 Å². The Labute approximate surface area is 202 Å². The summed E-state index contributed by atoms with van der Waals surface area (Å²) in [6.45, 7) is 6.59. The Hall–Kier alpha value is -2.62. The Morgan fingerprint density at radius 3 is 2.12 bits per heavy atom. The number of benzene rings is 2. The van der Waals surface area contributed by atoms with Crippen LogP contribution in [0.2, 0.25) is 0 Å². The van der Waals surface area contributed by atoms with Gasteiger partial charge in [0.1, 0.15) is 18.0 Å². The molecule has 0 fully saturated rings. The maximum absolute atomic E-state index is 12.6. The predicted octanol–water partition coefficient (Wildman–Crippen LogP) is 4.19. The fraction of sp³-hybridized carbons (Fsp3) is 0.417. The summed E-state index contributed by atoms with van der Waals surface area (Å²) in [5, 5.41) is 12.3. The van der Waals surface area contributed by atoms with Crippen LogP contribution in [0.1, 0.15) is 38.8 Å². The lowest BCUT2D eigenvalue weighted by Crippen LogP contribution is -2.53. The monoisotopic (exact) mass is 522 g/mol. The Morgan fingerprint density at radius 2 is 1.58 bits per heavy atom. The van der Waals surface area contributed by atoms with Crippen molar-refractivity contribution in [1.29, 1.82) is 0 Å². The number of hydrogen-bond donors (Lipinski definition) is 2. The predicted molar refractivity (Wildman–Crippen MR) is 127 cm³/mol. The van der Waals surface area contributed by atoms with Crippen molar-refractivity contribution in [1.82, 2.24) is 10.4 Å². The van der Waals surface area contributed by atoms with Crippen LogP contribution in [-0.2, 0) is 27.4 Å². The molecule has 0 aliphatic rings. The number of carbonyl (C=O) groups is 2. The first-order valence-electron chi connectivity index (χ1n) is 10.4. The quantitative estimate of drug-likeness (QED) is 0.376. The zero-order valence-corrected chi connectivity index (χ0v) is 21.1. The highest BCUT2D eigenvalue weighted by Crippen LogP contribution is 2.17. The van der Waals surface area contributed by atoms with E-state index in [1.54, 1.807) is 52.1 Å². The Kier molecular flexibility index (Phi) is 9.27. The van der Waals surface area contributed by atoms with Gasteiger partial charge in [-0.15, -0.1) is 0 Å². The molecule has 0 aromatic heterocycles. The smallest absolute Gasteiger partial charge is 0.422 e. The Balaban J connectivity index is 2.07. The average molecular weight is 523 g/mol. The van der Waals surface area contributed by atoms with Crippen molar-refractivity contribution < 1.29 is 28.9 Å². The third kappa shape index (κ3) is 9.41. The highest BCUT2D eigenvalue weighted by Gasteiger charge is 2.35. The van der Waals surface area contributed by atoms with E-state index in [9.17, 15) is 14.7 Å². The van der Waals surface area contributed by atoms with Crippen LogP contribution in [0.3, 0.4) is 0 Å². The summed E-state index contributed by atoms with van der Waals surface area (Å²) in [4.78, 5) is 25.0. The van der Waals surface area contributed by atoms with Crippen molar-refractivity contribution in [2.45, 2.75) is 52.0 Å². The number of halogens is 1. The molecule has 0 radical (unpaired) electrons. The van der Waals surface area contributed by atoms with E-state index >= 15 is 0 Å². The van der Waals surface area contributed by atoms with Crippen molar-refractivity contribution in [3.63, 3.8) is 0 Å². The zero-order valence-electron chi connectivity index (χ0n) is 19.6. The summed E-state index contributed by atoms with van der Waals surface area (Å²) in [5.74, 6) is -0.126. The van der Waals surface area contributed by atoms with Crippen molar-refractivity contribution in [2.75, 3.05) is 13.7 Å². The van der Waals surface area contributed by atoms with E-state index in [2.05, 4.69) is 21.4 Å². The zero-order chi connectivity index (χ0) is 24.6. The lowest BCUT2D eigenvalue weighted by atomic mass is 10.1. The second-order valence-corrected chi connectivity index (χ2v) is 9.71. The van der Waals surface area contributed by atoms with E-state index in [1.807, 2.05) is 24.3 Å². The second-order valence-electron chi connectivity index (χ2n) is 8.79. The molecule has 2 N–H and O–H groups in total. The molecule has 9 heteroatoms. The summed E-state index contributed by atoms with van der Waals surface area (Å²) in [6.07, 6.45) is -0.693. The molecule has 2 rings (SSSR count). The third-order valence-electron chi connectivity index (χ3n) is 4.40. The van der Waals surface area contributed by atoms with Crippen LogP contribution in [0.5, 0.6) is 5.75 Å². The van der Waals surface area contributed by atoms with Gasteiger partial charge in [-0.25, -0.2) is 14.6 Å². The van der Waals surface area contributed by atoms with Gasteiger partial charge in [-0.1, -0.05) is 40.2 Å². The molecule has 0 heterocycles. The van der Waals surface area contributed by atoms with Crippen LogP contribution in [-0.4, -0.2) is 47.0 Å². The van der Waals surface area contributed by atoms with Gasteiger partial charge >= 0.3 is 12.1 Å². The van der Waals surface area contributed by atoms with Crippen LogP contribution in [0.15, 0.2) is 53.0 Å². The van der Waals surface area contributed by atoms with Crippen molar-refractivity contribution in [2.24, 2.45) is 0 Å². The number of amides is 1. The summed E-state index contributed by atoms with van der Waals surface area (Å²) in [7, 11) is 1.57. The molecule has 0 aliphatic carbocycles. The number of methoxy groups -OCH3 is 1. The minimum Gasteiger partial charge on any atom is -0.497 e. The minimum atomic E-state index is -1.89. The number of esters is 1. The molecule has 0 saturated carbocycles. The number of carbonyl (C=O) groups excluding carboxylic acids is 2. The van der Waals surface area contributed by atoms with Crippen LogP contribution in [0.4, 0.5) is 4.79 Å². The summed E-state index contributed by atoms with van der Waals surface area (Å²) in [6, 6.07) is 14.5. The first-order valence-corrected chi connectivity index (χ1v) is 11.2. The molecule has 0 saturated heterocycles. The van der Waals surface area contributed by atoms with Crippen LogP contribution < -0.4 is 10.2 Å². The SMILES string of the molecule is COc1ccc(COC(=O)[C@](C)(O)CN(Cc2ccc(Br)cc2)NC(=O)OC(C)(C)C)cc1. The molecule has 1 atom stereocenters. The number of hydrogen-bond acceptors (Lipinski definition) is 7. The van der Waals surface area contributed by atoms with Crippen molar-refractivity contribution >= 4 is 28.0 Å². The van der Waals surface area contributed by atoms with E-state index < -0.39 is 23.3 Å². The maximum atomic E-state index is 12.6. The summed E-state index contributed by atoms with van der Waals surface area (Å²) < 4.78 is 16.6. The number of hydrazine groups is 1. The number of nitrogens with one attached hydrogen (secondary N) is 1. The first kappa shape index (κ1) is 26.6. The first-order chi connectivity index (χ1) is 15.4. The van der Waals surface area contributed by atoms with Crippen molar-refractivity contribution in [3.05, 3.63) is 64.1 Å². The lowest BCUT2D eigenvalue weighted by molar-refractivity contribution is -0.168. The van der Waals surface area contributed by atoms with E-state index in [-0.39, 0.29) is 19.7 Å². The topological polar surface area (TPSA) is 97.3 Å². The number of ether oxygens (including phenoxy) is 3. The van der Waals surface area contributed by atoms with Gasteiger partial charge < -0.3 is 19.3 Å². The molecule has 0 aliphatic heterocycles. The molecule has 1 amide bonds. The van der Waals surface area contributed by atoms with Crippen LogP contribution in [0.25, 0.3) is 0 Å². The van der Waals surface area contributed by atoms with Gasteiger partial charge in [0.05, 0.1) is 13.7 Å². The fourth-order valence-electron chi connectivity index (χ4n) is 2.84. The molecule has 2 aromatic rings. The largest absolute Gasteiger partial charge is 0.497 e. The number of nitrogens with zero attached hydrogens (tertiary/aromatic N) is 1. The lowest BCUT2D eigenvalue weighted by Gasteiger charge is -2.31. The molecule has 0 spiro atoms. The van der Waals surface area contributed by atoms with Gasteiger partial charge in [-0.2, -0.15) is 0 Å². The molecule has 0 bridgehead atoms. The molecular formula is C24H31BrN2O6. The van der Waals surface area contributed by atoms with Gasteiger partial charge in [0.25, 0.3) is 0 Å². The van der Waals surface area contributed by atoms with E-state index in [4.69, 9.17) is 14.2 Å². The van der Waals surface area contributed by atoms with Crippen LogP contribution in [0, 0.1) is 0 Å². The average Bonchev–Trinajstić information content (AvgIpc) is 2.72. The van der Waals surface area contributed by atoms with E-state index in [0.29, 0.717) is 5.75 Å². The van der Waals surface area contributed by atoms with Gasteiger partial charge in [-0.05, 0) is 63.1 Å². The van der Waals surface area contributed by atoms with Gasteiger partial charge in [0, 0.05) is 11.0 Å². The molecule has 0 unspecified atom stereocenters. The summed E-state index contributed by atoms with van der Waals surface area (Å²) in [5.41, 5.74) is 1.63. The van der Waals surface area contributed by atoms with Gasteiger partial charge in [0.15, 0.2) is 5.60 Å². The Bertz CT molecular complexity index is 923. The molecular weight excluding hydrogens is 492 g/mol. The maximum Gasteiger partial charge on any atom is 0.422 e. The highest BCUT2D eigenvalue weighted by atomic mass is 79.9. The highest BCUT2D eigenvalue weighted by molar-refractivity contribution is 9.10. The van der Waals surface area contributed by atoms with E-state index in [0.717, 1.165) is 15.6 Å². The van der Waals surface area contributed by atoms with Crippen LogP contribution >= 0.6 is 15.9 Å².